The summed E-state index contributed by atoms with van der Waals surface area (Å²) in [5, 5.41) is 12.8. The summed E-state index contributed by atoms with van der Waals surface area (Å²) in [6, 6.07) is 8.92. The quantitative estimate of drug-likeness (QED) is 0.514. The van der Waals surface area contributed by atoms with E-state index in [0.29, 0.717) is 27.8 Å². The van der Waals surface area contributed by atoms with E-state index in [9.17, 15) is 10.1 Å². The number of rotatable bonds is 4. The van der Waals surface area contributed by atoms with Crippen molar-refractivity contribution in [2.45, 2.75) is 31.5 Å². The summed E-state index contributed by atoms with van der Waals surface area (Å²) in [4.78, 5) is 20.5. The molecule has 2 aromatic rings. The molecule has 0 atom stereocenters. The Bertz CT molecular complexity index is 794. The molecule has 0 aliphatic heterocycles. The summed E-state index contributed by atoms with van der Waals surface area (Å²) in [7, 11) is 0. The van der Waals surface area contributed by atoms with Crippen molar-refractivity contribution < 1.29 is 9.53 Å². The van der Waals surface area contributed by atoms with Crippen molar-refractivity contribution in [3.8, 4) is 6.07 Å². The van der Waals surface area contributed by atoms with Gasteiger partial charge in [0.2, 0.25) is 0 Å². The summed E-state index contributed by atoms with van der Waals surface area (Å²) in [6.45, 7) is 5.45. The van der Waals surface area contributed by atoms with Crippen LogP contribution in [-0.2, 0) is 4.74 Å². The predicted octanol–water partition coefficient (Wildman–Crippen LogP) is 3.77. The van der Waals surface area contributed by atoms with Gasteiger partial charge in [-0.1, -0.05) is 17.8 Å². The molecule has 0 saturated heterocycles. The highest BCUT2D eigenvalue weighted by Gasteiger charge is 2.18. The number of hydrogen-bond acceptors (Lipinski definition) is 7. The lowest BCUT2D eigenvalue weighted by Crippen LogP contribution is -2.23. The Morgan fingerprint density at radius 2 is 2.12 bits per heavy atom. The molecule has 1 heterocycles. The highest BCUT2D eigenvalue weighted by atomic mass is 32.2. The van der Waals surface area contributed by atoms with Crippen LogP contribution >= 0.6 is 11.8 Å². The third-order valence-corrected chi connectivity index (χ3v) is 3.39. The summed E-state index contributed by atoms with van der Waals surface area (Å²) < 4.78 is 5.36. The van der Waals surface area contributed by atoms with Crippen LogP contribution in [-0.4, -0.2) is 27.8 Å². The molecule has 0 saturated carbocycles. The van der Waals surface area contributed by atoms with Gasteiger partial charge in [-0.25, -0.2) is 14.8 Å². The lowest BCUT2D eigenvalue weighted by Gasteiger charge is -2.19. The molecule has 6 nitrogen and oxygen atoms in total. The molecule has 0 amide bonds. The second-order valence-corrected chi connectivity index (χ2v) is 6.71. The number of ether oxygens (including phenoxy) is 1. The lowest BCUT2D eigenvalue weighted by atomic mass is 10.1. The Kier molecular flexibility index (Phi) is 5.42. The SMILES string of the molecule is CSc1ncc(C#N)c(Nc2cccc(C(=O)OC(C)(C)C)c2)n1. The fraction of sp³-hybridized carbons (Fsp3) is 0.294. The molecule has 2 rings (SSSR count). The predicted molar refractivity (Wildman–Crippen MR) is 93.4 cm³/mol. The van der Waals surface area contributed by atoms with Gasteiger partial charge in [-0.15, -0.1) is 0 Å². The molecule has 1 N–H and O–H groups in total. The minimum absolute atomic E-state index is 0.329. The maximum absolute atomic E-state index is 12.2. The summed E-state index contributed by atoms with van der Waals surface area (Å²) in [6.07, 6.45) is 3.33. The van der Waals surface area contributed by atoms with Crippen molar-refractivity contribution >= 4 is 29.2 Å². The molecule has 0 spiro atoms. The van der Waals surface area contributed by atoms with Crippen LogP contribution in [0.5, 0.6) is 0 Å². The van der Waals surface area contributed by atoms with Crippen LogP contribution in [0.15, 0.2) is 35.6 Å². The summed E-state index contributed by atoms with van der Waals surface area (Å²) in [5.41, 5.74) is 0.831. The van der Waals surface area contributed by atoms with Gasteiger partial charge in [0.05, 0.1) is 11.8 Å². The Labute approximate surface area is 145 Å². The molecule has 24 heavy (non-hydrogen) atoms. The number of hydrogen-bond donors (Lipinski definition) is 1. The van der Waals surface area contributed by atoms with Gasteiger partial charge in [0, 0.05) is 5.69 Å². The molecule has 124 valence electrons. The zero-order valence-corrected chi connectivity index (χ0v) is 14.8. The number of aromatic nitrogens is 2. The largest absolute Gasteiger partial charge is 0.456 e. The standard InChI is InChI=1S/C17H18N4O2S/c1-17(2,3)23-15(22)11-6-5-7-13(8-11)20-14-12(9-18)10-19-16(21-14)24-4/h5-8,10H,1-4H3,(H,19,20,21). The zero-order valence-electron chi connectivity index (χ0n) is 14.0. The van der Waals surface area contributed by atoms with Crippen molar-refractivity contribution in [2.75, 3.05) is 11.6 Å². The first-order valence-corrected chi connectivity index (χ1v) is 8.46. The van der Waals surface area contributed by atoms with E-state index >= 15 is 0 Å². The van der Waals surface area contributed by atoms with Crippen molar-refractivity contribution in [3.05, 3.63) is 41.6 Å². The van der Waals surface area contributed by atoms with E-state index in [-0.39, 0.29) is 0 Å². The monoisotopic (exact) mass is 342 g/mol. The first-order valence-electron chi connectivity index (χ1n) is 7.24. The Balaban J connectivity index is 2.27. The van der Waals surface area contributed by atoms with Crippen LogP contribution in [0.3, 0.4) is 0 Å². The average molecular weight is 342 g/mol. The fourth-order valence-corrected chi connectivity index (χ4v) is 2.18. The summed E-state index contributed by atoms with van der Waals surface area (Å²) >= 11 is 1.38. The second kappa shape index (κ2) is 7.32. The van der Waals surface area contributed by atoms with Crippen molar-refractivity contribution in [2.24, 2.45) is 0 Å². The highest BCUT2D eigenvalue weighted by Crippen LogP contribution is 2.22. The zero-order chi connectivity index (χ0) is 17.7. The number of carbonyl (C=O) groups excluding carboxylic acids is 1. The molecule has 0 radical (unpaired) electrons. The van der Waals surface area contributed by atoms with E-state index in [1.54, 1.807) is 24.3 Å². The third-order valence-electron chi connectivity index (χ3n) is 2.83. The Morgan fingerprint density at radius 3 is 2.75 bits per heavy atom. The van der Waals surface area contributed by atoms with Crippen LogP contribution < -0.4 is 5.32 Å². The van der Waals surface area contributed by atoms with E-state index in [4.69, 9.17) is 4.74 Å². The lowest BCUT2D eigenvalue weighted by molar-refractivity contribution is 0.00696. The number of nitrogens with one attached hydrogen (secondary N) is 1. The molecular weight excluding hydrogens is 324 g/mol. The summed E-state index contributed by atoms with van der Waals surface area (Å²) in [5.74, 6) is -0.00247. The number of carbonyl (C=O) groups is 1. The molecule has 0 unspecified atom stereocenters. The van der Waals surface area contributed by atoms with E-state index in [0.717, 1.165) is 0 Å². The smallest absolute Gasteiger partial charge is 0.338 e. The fourth-order valence-electron chi connectivity index (χ4n) is 1.84. The first-order chi connectivity index (χ1) is 11.3. The van der Waals surface area contributed by atoms with Gasteiger partial charge >= 0.3 is 5.97 Å². The van der Waals surface area contributed by atoms with Gasteiger partial charge in [0.1, 0.15) is 17.2 Å². The van der Waals surface area contributed by atoms with Crippen LogP contribution in [0.4, 0.5) is 11.5 Å². The number of nitriles is 1. The van der Waals surface area contributed by atoms with Crippen molar-refractivity contribution in [1.82, 2.24) is 9.97 Å². The molecule has 0 aliphatic carbocycles. The maximum atomic E-state index is 12.2. The number of esters is 1. The van der Waals surface area contributed by atoms with Crippen LogP contribution in [0.25, 0.3) is 0 Å². The molecule has 0 bridgehead atoms. The van der Waals surface area contributed by atoms with Gasteiger partial charge < -0.3 is 10.1 Å². The molecule has 7 heteroatoms. The van der Waals surface area contributed by atoms with Gasteiger partial charge in [-0.2, -0.15) is 5.26 Å². The van der Waals surface area contributed by atoms with Gasteiger partial charge in [-0.3, -0.25) is 0 Å². The number of thioether (sulfide) groups is 1. The minimum Gasteiger partial charge on any atom is -0.456 e. The topological polar surface area (TPSA) is 87.9 Å². The van der Waals surface area contributed by atoms with Crippen LogP contribution in [0, 0.1) is 11.3 Å². The van der Waals surface area contributed by atoms with Crippen molar-refractivity contribution in [1.29, 1.82) is 5.26 Å². The first kappa shape index (κ1) is 17.8. The number of nitrogens with zero attached hydrogens (tertiary/aromatic N) is 3. The molecule has 1 aromatic carbocycles. The van der Waals surface area contributed by atoms with E-state index in [2.05, 4.69) is 15.3 Å². The normalized spacial score (nSPS) is 10.8. The second-order valence-electron chi connectivity index (χ2n) is 5.94. The van der Waals surface area contributed by atoms with Crippen LogP contribution in [0.1, 0.15) is 36.7 Å². The minimum atomic E-state index is -0.561. The van der Waals surface area contributed by atoms with Crippen LogP contribution in [0.2, 0.25) is 0 Å². The maximum Gasteiger partial charge on any atom is 0.338 e. The molecular formula is C17H18N4O2S. The van der Waals surface area contributed by atoms with E-state index in [1.165, 1.54) is 18.0 Å². The number of anilines is 2. The molecule has 1 aromatic heterocycles. The Morgan fingerprint density at radius 1 is 1.38 bits per heavy atom. The van der Waals surface area contributed by atoms with Crippen molar-refractivity contribution in [3.63, 3.8) is 0 Å². The third kappa shape index (κ3) is 4.70. The van der Waals surface area contributed by atoms with E-state index in [1.807, 2.05) is 33.1 Å². The molecule has 0 fully saturated rings. The van der Waals surface area contributed by atoms with E-state index < -0.39 is 11.6 Å². The highest BCUT2D eigenvalue weighted by molar-refractivity contribution is 7.98. The Hall–Kier alpha value is -2.59. The van der Waals surface area contributed by atoms with Gasteiger partial charge in [-0.05, 0) is 45.2 Å². The number of benzene rings is 1. The van der Waals surface area contributed by atoms with Gasteiger partial charge in [0.25, 0.3) is 0 Å². The molecule has 0 aliphatic rings. The van der Waals surface area contributed by atoms with Gasteiger partial charge in [0.15, 0.2) is 11.0 Å². The average Bonchev–Trinajstić information content (AvgIpc) is 2.53.